The molecular formula is C14H13FN2O2. The number of likely N-dealkylation sites (N-methyl/N-ethyl adjacent to an activating group) is 1. The molecule has 19 heavy (non-hydrogen) atoms. The van der Waals surface area contributed by atoms with Gasteiger partial charge in [-0.15, -0.1) is 0 Å². The first-order chi connectivity index (χ1) is 9.10. The minimum atomic E-state index is -0.356. The van der Waals surface area contributed by atoms with Crippen molar-refractivity contribution >= 4 is 5.91 Å². The maximum absolute atomic E-state index is 12.9. The largest absolute Gasteiger partial charge is 0.358 e. The van der Waals surface area contributed by atoms with Gasteiger partial charge in [0.1, 0.15) is 12.4 Å². The van der Waals surface area contributed by atoms with E-state index < -0.39 is 0 Å². The first-order valence-electron chi connectivity index (χ1n) is 5.77. The van der Waals surface area contributed by atoms with Crippen molar-refractivity contribution in [2.45, 2.75) is 6.54 Å². The molecule has 0 saturated heterocycles. The van der Waals surface area contributed by atoms with E-state index in [2.05, 4.69) is 5.32 Å². The molecule has 0 saturated carbocycles. The molecule has 5 heteroatoms. The van der Waals surface area contributed by atoms with Gasteiger partial charge in [0, 0.05) is 31.1 Å². The van der Waals surface area contributed by atoms with E-state index in [-0.39, 0.29) is 23.7 Å². The zero-order valence-corrected chi connectivity index (χ0v) is 10.4. The Balaban J connectivity index is 2.39. The quantitative estimate of drug-likeness (QED) is 0.907. The summed E-state index contributed by atoms with van der Waals surface area (Å²) < 4.78 is 14.5. The van der Waals surface area contributed by atoms with Gasteiger partial charge in [-0.2, -0.15) is 0 Å². The highest BCUT2D eigenvalue weighted by molar-refractivity contribution is 5.75. The van der Waals surface area contributed by atoms with Gasteiger partial charge in [-0.3, -0.25) is 9.59 Å². The van der Waals surface area contributed by atoms with Crippen molar-refractivity contribution in [3.05, 3.63) is 58.8 Å². The van der Waals surface area contributed by atoms with Gasteiger partial charge >= 0.3 is 0 Å². The summed E-state index contributed by atoms with van der Waals surface area (Å²) in [6, 6.07) is 7.06. The number of nitrogens with one attached hydrogen (secondary N) is 1. The summed E-state index contributed by atoms with van der Waals surface area (Å²) in [4.78, 5) is 23.1. The SMILES string of the molecule is CNC(=O)Cn1ccc(=O)c(-c2ccc(F)cc2)c1. The highest BCUT2D eigenvalue weighted by atomic mass is 19.1. The minimum absolute atomic E-state index is 0.130. The summed E-state index contributed by atoms with van der Waals surface area (Å²) in [7, 11) is 1.55. The second-order valence-electron chi connectivity index (χ2n) is 4.08. The number of halogens is 1. The van der Waals surface area contributed by atoms with Crippen LogP contribution in [0.25, 0.3) is 11.1 Å². The third kappa shape index (κ3) is 3.07. The number of aromatic nitrogens is 1. The second-order valence-corrected chi connectivity index (χ2v) is 4.08. The number of amides is 1. The fourth-order valence-electron chi connectivity index (χ4n) is 1.72. The summed E-state index contributed by atoms with van der Waals surface area (Å²) in [6.07, 6.45) is 3.13. The van der Waals surface area contributed by atoms with Gasteiger partial charge in [0.05, 0.1) is 0 Å². The highest BCUT2D eigenvalue weighted by Gasteiger charge is 2.05. The molecule has 1 heterocycles. The summed E-state index contributed by atoms with van der Waals surface area (Å²) >= 11 is 0. The predicted molar refractivity (Wildman–Crippen MR) is 70.2 cm³/mol. The molecule has 0 bridgehead atoms. The van der Waals surface area contributed by atoms with Crippen LogP contribution < -0.4 is 10.7 Å². The van der Waals surface area contributed by atoms with Gasteiger partial charge in [0.2, 0.25) is 5.91 Å². The molecule has 1 amide bonds. The molecule has 0 atom stereocenters. The Labute approximate surface area is 109 Å². The van der Waals surface area contributed by atoms with Gasteiger partial charge in [0.25, 0.3) is 0 Å². The van der Waals surface area contributed by atoms with E-state index in [4.69, 9.17) is 0 Å². The van der Waals surface area contributed by atoms with Crippen molar-refractivity contribution in [2.24, 2.45) is 0 Å². The van der Waals surface area contributed by atoms with Crippen molar-refractivity contribution in [3.63, 3.8) is 0 Å². The smallest absolute Gasteiger partial charge is 0.239 e. The Morgan fingerprint density at radius 2 is 1.95 bits per heavy atom. The normalized spacial score (nSPS) is 10.2. The Bertz CT molecular complexity index is 647. The van der Waals surface area contributed by atoms with Crippen LogP contribution in [-0.2, 0) is 11.3 Å². The topological polar surface area (TPSA) is 51.1 Å². The van der Waals surface area contributed by atoms with Crippen LogP contribution in [-0.4, -0.2) is 17.5 Å². The van der Waals surface area contributed by atoms with Gasteiger partial charge in [-0.1, -0.05) is 12.1 Å². The summed E-state index contributed by atoms with van der Waals surface area (Å²) in [5.41, 5.74) is 0.892. The van der Waals surface area contributed by atoms with Crippen LogP contribution in [0.4, 0.5) is 4.39 Å². The number of benzene rings is 1. The molecule has 0 aliphatic carbocycles. The van der Waals surface area contributed by atoms with Gasteiger partial charge in [-0.05, 0) is 17.7 Å². The number of rotatable bonds is 3. The fourth-order valence-corrected chi connectivity index (χ4v) is 1.72. The van der Waals surface area contributed by atoms with E-state index >= 15 is 0 Å². The third-order valence-electron chi connectivity index (χ3n) is 2.74. The average molecular weight is 260 g/mol. The molecule has 0 unspecified atom stereocenters. The number of carbonyl (C=O) groups excluding carboxylic acids is 1. The maximum atomic E-state index is 12.9. The predicted octanol–water partition coefficient (Wildman–Crippen LogP) is 1.40. The molecule has 4 nitrogen and oxygen atoms in total. The number of carbonyl (C=O) groups is 1. The van der Waals surface area contributed by atoms with E-state index in [1.165, 1.54) is 30.3 Å². The van der Waals surface area contributed by atoms with E-state index in [0.29, 0.717) is 11.1 Å². The molecule has 1 N–H and O–H groups in total. The zero-order chi connectivity index (χ0) is 13.8. The average Bonchev–Trinajstić information content (AvgIpc) is 2.42. The molecule has 0 fully saturated rings. The molecule has 0 aliphatic rings. The second kappa shape index (κ2) is 5.48. The molecule has 1 aromatic carbocycles. The molecule has 2 aromatic rings. The van der Waals surface area contributed by atoms with Crippen LogP contribution >= 0.6 is 0 Å². The minimum Gasteiger partial charge on any atom is -0.358 e. The monoisotopic (exact) mass is 260 g/mol. The molecule has 98 valence electrons. The van der Waals surface area contributed by atoms with Crippen molar-refractivity contribution in [1.29, 1.82) is 0 Å². The molecule has 0 aliphatic heterocycles. The Morgan fingerprint density at radius 1 is 1.26 bits per heavy atom. The van der Waals surface area contributed by atoms with E-state index in [0.717, 1.165) is 0 Å². The first kappa shape index (κ1) is 13.0. The van der Waals surface area contributed by atoms with Crippen LogP contribution in [0, 0.1) is 5.82 Å². The lowest BCUT2D eigenvalue weighted by Crippen LogP contribution is -2.24. The number of hydrogen-bond donors (Lipinski definition) is 1. The lowest BCUT2D eigenvalue weighted by Gasteiger charge is -2.08. The third-order valence-corrected chi connectivity index (χ3v) is 2.74. The molecule has 0 radical (unpaired) electrons. The van der Waals surface area contributed by atoms with E-state index in [9.17, 15) is 14.0 Å². The van der Waals surface area contributed by atoms with Crippen molar-refractivity contribution in [1.82, 2.24) is 9.88 Å². The van der Waals surface area contributed by atoms with Crippen molar-refractivity contribution < 1.29 is 9.18 Å². The summed E-state index contributed by atoms with van der Waals surface area (Å²) in [5.74, 6) is -0.515. The molecular weight excluding hydrogens is 247 g/mol. The highest BCUT2D eigenvalue weighted by Crippen LogP contribution is 2.15. The standard InChI is InChI=1S/C14H13FN2O2/c1-16-14(19)9-17-7-6-13(18)12(8-17)10-2-4-11(15)5-3-10/h2-8H,9H2,1H3,(H,16,19). The van der Waals surface area contributed by atoms with Crippen molar-refractivity contribution in [2.75, 3.05) is 7.05 Å². The van der Waals surface area contributed by atoms with Crippen LogP contribution in [0.3, 0.4) is 0 Å². The zero-order valence-electron chi connectivity index (χ0n) is 10.4. The first-order valence-corrected chi connectivity index (χ1v) is 5.77. The number of nitrogens with zero attached hydrogens (tertiary/aromatic N) is 1. The number of hydrogen-bond acceptors (Lipinski definition) is 2. The van der Waals surface area contributed by atoms with Gasteiger partial charge < -0.3 is 9.88 Å². The molecule has 0 spiro atoms. The van der Waals surface area contributed by atoms with Gasteiger partial charge in [0.15, 0.2) is 5.43 Å². The van der Waals surface area contributed by atoms with E-state index in [1.807, 2.05) is 0 Å². The fraction of sp³-hybridized carbons (Fsp3) is 0.143. The van der Waals surface area contributed by atoms with Crippen LogP contribution in [0.15, 0.2) is 47.5 Å². The van der Waals surface area contributed by atoms with Crippen LogP contribution in [0.2, 0.25) is 0 Å². The van der Waals surface area contributed by atoms with Crippen molar-refractivity contribution in [3.8, 4) is 11.1 Å². The van der Waals surface area contributed by atoms with Crippen LogP contribution in [0.1, 0.15) is 0 Å². The molecule has 2 rings (SSSR count). The van der Waals surface area contributed by atoms with Gasteiger partial charge in [-0.25, -0.2) is 4.39 Å². The Kier molecular flexibility index (Phi) is 3.75. The maximum Gasteiger partial charge on any atom is 0.239 e. The van der Waals surface area contributed by atoms with Crippen LogP contribution in [0.5, 0.6) is 0 Å². The lowest BCUT2D eigenvalue weighted by molar-refractivity contribution is -0.121. The Morgan fingerprint density at radius 3 is 2.58 bits per heavy atom. The summed E-state index contributed by atoms with van der Waals surface area (Å²) in [6.45, 7) is 0.130. The van der Waals surface area contributed by atoms with E-state index in [1.54, 1.807) is 24.0 Å². The summed E-state index contributed by atoms with van der Waals surface area (Å²) in [5, 5.41) is 2.51. The molecule has 1 aromatic heterocycles. The Hall–Kier alpha value is -2.43. The number of pyridine rings is 1. The lowest BCUT2D eigenvalue weighted by atomic mass is 10.1.